The third-order valence-electron chi connectivity index (χ3n) is 5.62. The molecule has 1 aromatic heterocycles. The molecule has 0 saturated heterocycles. The van der Waals surface area contributed by atoms with Crippen LogP contribution < -0.4 is 15.5 Å². The van der Waals surface area contributed by atoms with Gasteiger partial charge in [0.25, 0.3) is 5.91 Å². The number of carbonyl (C=O) groups excluding carboxylic acids is 3. The lowest BCUT2D eigenvalue weighted by Crippen LogP contribution is -2.42. The molecule has 0 spiro atoms. The van der Waals surface area contributed by atoms with E-state index in [1.807, 2.05) is 26.2 Å². The zero-order valence-electron chi connectivity index (χ0n) is 19.2. The van der Waals surface area contributed by atoms with E-state index in [0.717, 1.165) is 22.1 Å². The number of carbonyl (C=O) groups is 3. The van der Waals surface area contributed by atoms with Crippen molar-refractivity contribution < 1.29 is 14.4 Å². The quantitative estimate of drug-likeness (QED) is 0.413. The van der Waals surface area contributed by atoms with E-state index in [1.54, 1.807) is 42.5 Å². The Bertz CT molecular complexity index is 1240. The zero-order valence-corrected chi connectivity index (χ0v) is 20.0. The molecule has 3 aromatic rings. The van der Waals surface area contributed by atoms with Crippen LogP contribution in [0.15, 0.2) is 53.7 Å². The predicted octanol–water partition coefficient (Wildman–Crippen LogP) is 3.99. The van der Waals surface area contributed by atoms with Gasteiger partial charge in [-0.15, -0.1) is 0 Å². The summed E-state index contributed by atoms with van der Waals surface area (Å²) < 4.78 is 0. The molecule has 9 heteroatoms. The molecular weight excluding hydrogens is 450 g/mol. The number of amides is 3. The summed E-state index contributed by atoms with van der Waals surface area (Å²) in [6.07, 6.45) is 2.78. The molecular formula is C25H25N5O3S. The van der Waals surface area contributed by atoms with Crippen molar-refractivity contribution in [3.63, 3.8) is 0 Å². The van der Waals surface area contributed by atoms with Crippen LogP contribution in [0.1, 0.15) is 33.7 Å². The smallest absolute Gasteiger partial charge is 0.258 e. The lowest BCUT2D eigenvalue weighted by Gasteiger charge is -2.29. The minimum atomic E-state index is -0.278. The highest BCUT2D eigenvalue weighted by atomic mass is 32.2. The lowest BCUT2D eigenvalue weighted by molar-refractivity contribution is -0.116. The van der Waals surface area contributed by atoms with E-state index in [4.69, 9.17) is 0 Å². The Morgan fingerprint density at radius 3 is 2.41 bits per heavy atom. The number of fused-ring (bicyclic) bond motifs is 1. The van der Waals surface area contributed by atoms with Crippen molar-refractivity contribution in [3.8, 4) is 0 Å². The first-order valence-electron chi connectivity index (χ1n) is 10.8. The van der Waals surface area contributed by atoms with Gasteiger partial charge in [0.1, 0.15) is 6.54 Å². The van der Waals surface area contributed by atoms with Crippen molar-refractivity contribution in [2.75, 3.05) is 28.3 Å². The van der Waals surface area contributed by atoms with Crippen LogP contribution in [0.2, 0.25) is 0 Å². The van der Waals surface area contributed by atoms with E-state index in [-0.39, 0.29) is 24.3 Å². The summed E-state index contributed by atoms with van der Waals surface area (Å²) in [5.74, 6) is -0.650. The fourth-order valence-electron chi connectivity index (χ4n) is 3.89. The van der Waals surface area contributed by atoms with E-state index in [0.29, 0.717) is 35.5 Å². The molecule has 1 aliphatic heterocycles. The van der Waals surface area contributed by atoms with Crippen LogP contribution in [0.5, 0.6) is 0 Å². The van der Waals surface area contributed by atoms with Gasteiger partial charge in [-0.25, -0.2) is 9.97 Å². The Labute approximate surface area is 202 Å². The molecule has 0 bridgehead atoms. The SMILES string of the molecule is CSc1nc(C)c(CCC(=O)Nc2ccc(C(=O)N3CC(=O)Nc4ccccc43)cc2)c(C)n1. The summed E-state index contributed by atoms with van der Waals surface area (Å²) in [5, 5.41) is 6.37. The molecule has 34 heavy (non-hydrogen) atoms. The van der Waals surface area contributed by atoms with E-state index in [1.165, 1.54) is 16.7 Å². The van der Waals surface area contributed by atoms with E-state index >= 15 is 0 Å². The second-order valence-corrected chi connectivity index (χ2v) is 8.72. The van der Waals surface area contributed by atoms with Crippen molar-refractivity contribution >= 4 is 46.5 Å². The zero-order chi connectivity index (χ0) is 24.2. The predicted molar refractivity (Wildman–Crippen MR) is 133 cm³/mol. The number of aromatic nitrogens is 2. The van der Waals surface area contributed by atoms with Crippen LogP contribution >= 0.6 is 11.8 Å². The number of thioether (sulfide) groups is 1. The van der Waals surface area contributed by atoms with E-state index < -0.39 is 0 Å². The molecule has 2 aromatic carbocycles. The van der Waals surface area contributed by atoms with Crippen LogP contribution in [-0.2, 0) is 16.0 Å². The maximum Gasteiger partial charge on any atom is 0.258 e. The molecule has 0 aliphatic carbocycles. The van der Waals surface area contributed by atoms with Crippen molar-refractivity contribution in [1.29, 1.82) is 0 Å². The monoisotopic (exact) mass is 475 g/mol. The number of hydrogen-bond acceptors (Lipinski definition) is 6. The standard InChI is InChI=1S/C25H25N5O3S/c1-15-19(16(2)27-25(26-15)34-3)12-13-22(31)28-18-10-8-17(9-11-18)24(33)30-14-23(32)29-20-6-4-5-7-21(20)30/h4-11H,12-14H2,1-3H3,(H,28,31)(H,29,32). The van der Waals surface area contributed by atoms with Gasteiger partial charge in [0, 0.05) is 29.1 Å². The van der Waals surface area contributed by atoms with Gasteiger partial charge in [0.2, 0.25) is 11.8 Å². The molecule has 8 nitrogen and oxygen atoms in total. The maximum atomic E-state index is 13.1. The van der Waals surface area contributed by atoms with E-state index in [9.17, 15) is 14.4 Å². The molecule has 4 rings (SSSR count). The average molecular weight is 476 g/mol. The fraction of sp³-hybridized carbons (Fsp3) is 0.240. The number of anilines is 3. The van der Waals surface area contributed by atoms with Crippen LogP contribution in [0.4, 0.5) is 17.1 Å². The van der Waals surface area contributed by atoms with Gasteiger partial charge in [0.05, 0.1) is 11.4 Å². The molecule has 0 saturated carbocycles. The fourth-order valence-corrected chi connectivity index (χ4v) is 4.35. The topological polar surface area (TPSA) is 104 Å². The summed E-state index contributed by atoms with van der Waals surface area (Å²) in [4.78, 5) is 47.9. The van der Waals surface area contributed by atoms with Crippen LogP contribution in [-0.4, -0.2) is 40.5 Å². The van der Waals surface area contributed by atoms with Gasteiger partial charge in [0.15, 0.2) is 5.16 Å². The molecule has 0 fully saturated rings. The van der Waals surface area contributed by atoms with Crippen molar-refractivity contribution in [2.24, 2.45) is 0 Å². The number of aryl methyl sites for hydroxylation is 2. The highest BCUT2D eigenvalue weighted by Crippen LogP contribution is 2.30. The maximum absolute atomic E-state index is 13.1. The summed E-state index contributed by atoms with van der Waals surface area (Å²) in [6.45, 7) is 3.82. The van der Waals surface area contributed by atoms with E-state index in [2.05, 4.69) is 20.6 Å². The van der Waals surface area contributed by atoms with Crippen molar-refractivity contribution in [2.45, 2.75) is 31.8 Å². The van der Waals surface area contributed by atoms with Gasteiger partial charge >= 0.3 is 0 Å². The number of nitrogens with one attached hydrogen (secondary N) is 2. The first kappa shape index (κ1) is 23.4. The summed E-state index contributed by atoms with van der Waals surface area (Å²) >= 11 is 1.49. The molecule has 0 radical (unpaired) electrons. The first-order valence-corrected chi connectivity index (χ1v) is 12.1. The van der Waals surface area contributed by atoms with Crippen molar-refractivity contribution in [1.82, 2.24) is 9.97 Å². The molecule has 2 heterocycles. The van der Waals surface area contributed by atoms with Gasteiger partial charge in [-0.05, 0) is 68.5 Å². The molecule has 0 unspecified atom stereocenters. The Morgan fingerprint density at radius 2 is 1.74 bits per heavy atom. The van der Waals surface area contributed by atoms with Crippen LogP contribution in [0.3, 0.4) is 0 Å². The average Bonchev–Trinajstić information content (AvgIpc) is 2.82. The highest BCUT2D eigenvalue weighted by molar-refractivity contribution is 7.98. The molecule has 1 aliphatic rings. The Kier molecular flexibility index (Phi) is 6.93. The third-order valence-corrected chi connectivity index (χ3v) is 6.16. The number of benzene rings is 2. The normalized spacial score (nSPS) is 12.7. The second-order valence-electron chi connectivity index (χ2n) is 7.94. The Balaban J connectivity index is 1.39. The minimum absolute atomic E-state index is 0.0468. The number of para-hydroxylation sites is 2. The lowest BCUT2D eigenvalue weighted by atomic mass is 10.1. The summed E-state index contributed by atoms with van der Waals surface area (Å²) in [7, 11) is 0. The Morgan fingerprint density at radius 1 is 1.06 bits per heavy atom. The summed E-state index contributed by atoms with van der Waals surface area (Å²) in [5.41, 5.74) is 5.06. The van der Waals surface area contributed by atoms with Crippen molar-refractivity contribution in [3.05, 3.63) is 71.0 Å². The summed E-state index contributed by atoms with van der Waals surface area (Å²) in [6, 6.07) is 13.9. The van der Waals surface area contributed by atoms with Gasteiger partial charge in [-0.1, -0.05) is 23.9 Å². The number of hydrogen-bond donors (Lipinski definition) is 2. The van der Waals surface area contributed by atoms with Crippen LogP contribution in [0, 0.1) is 13.8 Å². The number of nitrogens with zero attached hydrogens (tertiary/aromatic N) is 3. The second kappa shape index (κ2) is 10.0. The molecule has 0 atom stereocenters. The third kappa shape index (κ3) is 5.09. The molecule has 3 amide bonds. The molecule has 2 N–H and O–H groups in total. The minimum Gasteiger partial charge on any atom is -0.326 e. The molecule has 174 valence electrons. The first-order chi connectivity index (χ1) is 16.4. The largest absolute Gasteiger partial charge is 0.326 e. The highest BCUT2D eigenvalue weighted by Gasteiger charge is 2.27. The Hall–Kier alpha value is -3.72. The van der Waals surface area contributed by atoms with Gasteiger partial charge < -0.3 is 10.6 Å². The van der Waals surface area contributed by atoms with Crippen LogP contribution in [0.25, 0.3) is 0 Å². The van der Waals surface area contributed by atoms with Gasteiger partial charge in [-0.3, -0.25) is 19.3 Å². The number of rotatable bonds is 6. The van der Waals surface area contributed by atoms with Gasteiger partial charge in [-0.2, -0.15) is 0 Å².